The molecule has 4 nitrogen and oxygen atoms in total. The number of anilines is 2. The molecule has 5 heteroatoms. The molecule has 2 N–H and O–H groups in total. The van der Waals surface area contributed by atoms with Crippen molar-refractivity contribution in [1.29, 1.82) is 0 Å². The lowest BCUT2D eigenvalue weighted by Crippen LogP contribution is -2.20. The Morgan fingerprint density at radius 1 is 0.742 bits per heavy atom. The summed E-state index contributed by atoms with van der Waals surface area (Å²) in [7, 11) is 0. The number of rotatable bonds is 5. The van der Waals surface area contributed by atoms with Gasteiger partial charge in [-0.1, -0.05) is 41.5 Å². The first-order valence-electron chi connectivity index (χ1n) is 9.93. The van der Waals surface area contributed by atoms with E-state index in [1.165, 1.54) is 0 Å². The van der Waals surface area contributed by atoms with Crippen LogP contribution in [0.1, 0.15) is 31.8 Å². The van der Waals surface area contributed by atoms with Crippen LogP contribution in [0.3, 0.4) is 0 Å². The second-order valence-electron chi connectivity index (χ2n) is 7.38. The Balaban J connectivity index is 1.61. The first-order valence-corrected chi connectivity index (χ1v) is 10.9. The van der Waals surface area contributed by atoms with E-state index < -0.39 is 0 Å². The molecule has 154 valence electrons. The standard InChI is InChI=1S/C26H22N2O2S/c1-17-7-10-20(11-8-17)27-25(29)21-5-3-4-6-22(21)26(30)28-24-12-9-18(2)15-23(24)19-13-14-31-16-19/h3-16H,1-2H3,(H,27,29)(H,28,30). The lowest BCUT2D eigenvalue weighted by Gasteiger charge is -2.14. The van der Waals surface area contributed by atoms with E-state index in [1.54, 1.807) is 35.6 Å². The van der Waals surface area contributed by atoms with Gasteiger partial charge < -0.3 is 10.6 Å². The van der Waals surface area contributed by atoms with Crippen LogP contribution >= 0.6 is 11.3 Å². The predicted molar refractivity (Wildman–Crippen MR) is 128 cm³/mol. The van der Waals surface area contributed by atoms with Crippen LogP contribution < -0.4 is 10.6 Å². The highest BCUT2D eigenvalue weighted by molar-refractivity contribution is 7.08. The number of hydrogen-bond acceptors (Lipinski definition) is 3. The molecule has 1 aromatic heterocycles. The van der Waals surface area contributed by atoms with Gasteiger partial charge in [0.2, 0.25) is 0 Å². The van der Waals surface area contributed by atoms with Gasteiger partial charge in [0, 0.05) is 16.9 Å². The Hall–Kier alpha value is -3.70. The smallest absolute Gasteiger partial charge is 0.256 e. The third kappa shape index (κ3) is 4.73. The maximum Gasteiger partial charge on any atom is 0.256 e. The van der Waals surface area contributed by atoms with E-state index in [0.29, 0.717) is 22.5 Å². The minimum atomic E-state index is -0.324. The van der Waals surface area contributed by atoms with Crippen molar-refractivity contribution < 1.29 is 9.59 Å². The average Bonchev–Trinajstić information content (AvgIpc) is 3.31. The number of benzene rings is 3. The highest BCUT2D eigenvalue weighted by atomic mass is 32.1. The number of thiophene rings is 1. The summed E-state index contributed by atoms with van der Waals surface area (Å²) >= 11 is 1.61. The van der Waals surface area contributed by atoms with E-state index in [4.69, 9.17) is 0 Å². The Morgan fingerprint density at radius 2 is 1.39 bits per heavy atom. The highest BCUT2D eigenvalue weighted by Gasteiger charge is 2.18. The largest absolute Gasteiger partial charge is 0.322 e. The molecule has 0 saturated carbocycles. The molecule has 3 aromatic carbocycles. The molecule has 0 atom stereocenters. The molecule has 0 bridgehead atoms. The fourth-order valence-electron chi connectivity index (χ4n) is 3.33. The van der Waals surface area contributed by atoms with E-state index in [1.807, 2.05) is 73.1 Å². The summed E-state index contributed by atoms with van der Waals surface area (Å²) in [5.74, 6) is -0.647. The van der Waals surface area contributed by atoms with Gasteiger partial charge in [0.25, 0.3) is 11.8 Å². The van der Waals surface area contributed by atoms with Crippen molar-refractivity contribution in [1.82, 2.24) is 0 Å². The van der Waals surface area contributed by atoms with Gasteiger partial charge in [0.1, 0.15) is 0 Å². The van der Waals surface area contributed by atoms with Gasteiger partial charge in [-0.15, -0.1) is 0 Å². The molecule has 0 aliphatic rings. The number of carbonyl (C=O) groups excluding carboxylic acids is 2. The van der Waals surface area contributed by atoms with E-state index >= 15 is 0 Å². The second kappa shape index (κ2) is 8.98. The molecule has 0 saturated heterocycles. The van der Waals surface area contributed by atoms with Crippen LogP contribution in [-0.2, 0) is 0 Å². The van der Waals surface area contributed by atoms with Crippen LogP contribution in [0, 0.1) is 13.8 Å². The Morgan fingerprint density at radius 3 is 2.03 bits per heavy atom. The number of hydrogen-bond donors (Lipinski definition) is 2. The summed E-state index contributed by atoms with van der Waals surface area (Å²) in [6.45, 7) is 4.01. The van der Waals surface area contributed by atoms with Gasteiger partial charge in [-0.05, 0) is 72.6 Å². The Bertz CT molecular complexity index is 1230. The average molecular weight is 427 g/mol. The van der Waals surface area contributed by atoms with Crippen molar-refractivity contribution in [2.24, 2.45) is 0 Å². The zero-order chi connectivity index (χ0) is 21.8. The minimum Gasteiger partial charge on any atom is -0.322 e. The maximum atomic E-state index is 13.2. The lowest BCUT2D eigenvalue weighted by atomic mass is 10.0. The van der Waals surface area contributed by atoms with Crippen molar-refractivity contribution in [3.8, 4) is 11.1 Å². The van der Waals surface area contributed by atoms with Crippen LogP contribution in [0.4, 0.5) is 11.4 Å². The molecule has 4 aromatic rings. The van der Waals surface area contributed by atoms with Gasteiger partial charge in [-0.25, -0.2) is 0 Å². The molecule has 4 rings (SSSR count). The van der Waals surface area contributed by atoms with E-state index in [9.17, 15) is 9.59 Å². The fraction of sp³-hybridized carbons (Fsp3) is 0.0769. The van der Waals surface area contributed by atoms with Crippen LogP contribution in [-0.4, -0.2) is 11.8 Å². The van der Waals surface area contributed by atoms with Gasteiger partial charge in [-0.3, -0.25) is 9.59 Å². The summed E-state index contributed by atoms with van der Waals surface area (Å²) in [6.07, 6.45) is 0. The number of carbonyl (C=O) groups is 2. The zero-order valence-corrected chi connectivity index (χ0v) is 18.1. The van der Waals surface area contributed by atoms with Gasteiger partial charge >= 0.3 is 0 Å². The van der Waals surface area contributed by atoms with Crippen molar-refractivity contribution >= 4 is 34.5 Å². The quantitative estimate of drug-likeness (QED) is 0.381. The summed E-state index contributed by atoms with van der Waals surface area (Å²) in [5.41, 5.74) is 6.26. The van der Waals surface area contributed by atoms with Crippen molar-refractivity contribution in [2.45, 2.75) is 13.8 Å². The van der Waals surface area contributed by atoms with Crippen molar-refractivity contribution in [2.75, 3.05) is 10.6 Å². The van der Waals surface area contributed by atoms with Gasteiger partial charge in [0.15, 0.2) is 0 Å². The number of nitrogens with one attached hydrogen (secondary N) is 2. The molecular formula is C26H22N2O2S. The van der Waals surface area contributed by atoms with E-state index in [0.717, 1.165) is 22.3 Å². The SMILES string of the molecule is Cc1ccc(NC(=O)c2ccccc2C(=O)Nc2ccc(C)cc2-c2ccsc2)cc1. The van der Waals surface area contributed by atoms with Crippen LogP contribution in [0.15, 0.2) is 83.6 Å². The fourth-order valence-corrected chi connectivity index (χ4v) is 3.98. The van der Waals surface area contributed by atoms with Crippen LogP contribution in [0.2, 0.25) is 0 Å². The number of amides is 2. The second-order valence-corrected chi connectivity index (χ2v) is 8.16. The molecule has 31 heavy (non-hydrogen) atoms. The first kappa shape index (κ1) is 20.6. The highest BCUT2D eigenvalue weighted by Crippen LogP contribution is 2.31. The molecule has 0 fully saturated rings. The maximum absolute atomic E-state index is 13.2. The van der Waals surface area contributed by atoms with Crippen LogP contribution in [0.5, 0.6) is 0 Å². The molecule has 0 aliphatic carbocycles. The van der Waals surface area contributed by atoms with Crippen molar-refractivity contribution in [3.05, 3.63) is 106 Å². The summed E-state index contributed by atoms with van der Waals surface area (Å²) in [4.78, 5) is 26.0. The molecule has 1 heterocycles. The third-order valence-electron chi connectivity index (χ3n) is 4.98. The third-order valence-corrected chi connectivity index (χ3v) is 5.66. The molecule has 2 amide bonds. The monoisotopic (exact) mass is 426 g/mol. The Labute approximate surface area is 185 Å². The topological polar surface area (TPSA) is 58.2 Å². The summed E-state index contributed by atoms with van der Waals surface area (Å²) in [5, 5.41) is 9.92. The van der Waals surface area contributed by atoms with E-state index in [2.05, 4.69) is 10.6 Å². The minimum absolute atomic E-state index is 0.323. The molecule has 0 radical (unpaired) electrons. The summed E-state index contributed by atoms with van der Waals surface area (Å²) in [6, 6.07) is 22.3. The first-order chi connectivity index (χ1) is 15.0. The Kier molecular flexibility index (Phi) is 5.96. The number of aryl methyl sites for hydroxylation is 2. The summed E-state index contributed by atoms with van der Waals surface area (Å²) < 4.78 is 0. The van der Waals surface area contributed by atoms with Gasteiger partial charge in [-0.2, -0.15) is 11.3 Å². The molecule has 0 unspecified atom stereocenters. The normalized spacial score (nSPS) is 10.5. The predicted octanol–water partition coefficient (Wildman–Crippen LogP) is 6.54. The van der Waals surface area contributed by atoms with E-state index in [-0.39, 0.29) is 11.8 Å². The molecular weight excluding hydrogens is 404 g/mol. The molecule has 0 aliphatic heterocycles. The lowest BCUT2D eigenvalue weighted by molar-refractivity contribution is 0.0990. The zero-order valence-electron chi connectivity index (χ0n) is 17.3. The van der Waals surface area contributed by atoms with Gasteiger partial charge in [0.05, 0.1) is 11.1 Å². The van der Waals surface area contributed by atoms with Crippen LogP contribution in [0.25, 0.3) is 11.1 Å². The van der Waals surface area contributed by atoms with Crippen molar-refractivity contribution in [3.63, 3.8) is 0 Å². The molecule has 0 spiro atoms.